The smallest absolute Gasteiger partial charge is 0.255 e. The summed E-state index contributed by atoms with van der Waals surface area (Å²) < 4.78 is 29.1. The summed E-state index contributed by atoms with van der Waals surface area (Å²) in [6.07, 6.45) is 3.00. The molecule has 0 spiro atoms. The van der Waals surface area contributed by atoms with Crippen molar-refractivity contribution < 1.29 is 13.6 Å². The molecule has 0 fully saturated rings. The number of nitrogens with two attached hydrogens (primary N) is 1. The molecule has 1 amide bonds. The van der Waals surface area contributed by atoms with Crippen LogP contribution in [0.25, 0.3) is 27.7 Å². The number of H-pyrrole nitrogens is 1. The van der Waals surface area contributed by atoms with E-state index in [9.17, 15) is 13.6 Å². The minimum absolute atomic E-state index is 0.0396. The number of hydrogen-bond donors (Lipinski definition) is 3. The highest BCUT2D eigenvalue weighted by Crippen LogP contribution is 2.34. The Bertz CT molecular complexity index is 1610. The van der Waals surface area contributed by atoms with Gasteiger partial charge in [0.1, 0.15) is 23.2 Å². The fourth-order valence-electron chi connectivity index (χ4n) is 4.10. The van der Waals surface area contributed by atoms with Crippen molar-refractivity contribution in [2.24, 2.45) is 0 Å². The van der Waals surface area contributed by atoms with Crippen LogP contribution in [-0.2, 0) is 0 Å². The molecule has 4 N–H and O–H groups in total. The molecule has 0 aliphatic heterocycles. The number of carbonyl (C=O) groups is 1. The lowest BCUT2D eigenvalue weighted by atomic mass is 10.0. The lowest BCUT2D eigenvalue weighted by Crippen LogP contribution is -2.33. The number of likely N-dealkylation sites (N-methyl/N-ethyl adjacent to an activating group) is 2. The van der Waals surface area contributed by atoms with E-state index in [1.165, 1.54) is 12.4 Å². The van der Waals surface area contributed by atoms with E-state index < -0.39 is 11.6 Å². The monoisotopic (exact) mass is 505 g/mol. The zero-order valence-corrected chi connectivity index (χ0v) is 20.5. The molecule has 0 radical (unpaired) electrons. The van der Waals surface area contributed by atoms with E-state index in [0.29, 0.717) is 35.4 Å². The average Bonchev–Trinajstić information content (AvgIpc) is 3.45. The van der Waals surface area contributed by atoms with Crippen LogP contribution >= 0.6 is 0 Å². The normalized spacial score (nSPS) is 11.5. The Balaban J connectivity index is 1.49. The van der Waals surface area contributed by atoms with Crippen molar-refractivity contribution in [3.05, 3.63) is 66.1 Å². The molecule has 10 nitrogen and oxygen atoms in total. The van der Waals surface area contributed by atoms with Crippen LogP contribution in [0.3, 0.4) is 0 Å². The number of hydrogen-bond acceptors (Lipinski definition) is 7. The first-order valence-corrected chi connectivity index (χ1v) is 11.5. The molecule has 12 heteroatoms. The van der Waals surface area contributed by atoms with E-state index >= 15 is 0 Å². The van der Waals surface area contributed by atoms with E-state index in [4.69, 9.17) is 5.73 Å². The lowest BCUT2D eigenvalue weighted by molar-refractivity contribution is 0.0787. The molecule has 2 aromatic carbocycles. The van der Waals surface area contributed by atoms with Crippen molar-refractivity contribution in [3.8, 4) is 11.1 Å². The highest BCUT2D eigenvalue weighted by atomic mass is 19.1. The number of imidazole rings is 1. The van der Waals surface area contributed by atoms with Crippen LogP contribution in [0.2, 0.25) is 0 Å². The quantitative estimate of drug-likeness (QED) is 0.310. The second-order valence-corrected chi connectivity index (χ2v) is 8.96. The summed E-state index contributed by atoms with van der Waals surface area (Å²) in [5.74, 6) is -1.09. The zero-order chi connectivity index (χ0) is 26.3. The SMILES string of the molecule is CN(C)CCN(C)C(=O)c1cn2ncnc(N)c2c1-c1ccc(Nc2nc3c(F)cc(F)cc3[nH]2)cc1. The number of aromatic amines is 1. The van der Waals surface area contributed by atoms with Gasteiger partial charge in [-0.1, -0.05) is 12.1 Å². The number of nitrogen functional groups attached to an aromatic ring is 1. The van der Waals surface area contributed by atoms with Gasteiger partial charge >= 0.3 is 0 Å². The van der Waals surface area contributed by atoms with Crippen LogP contribution in [0.1, 0.15) is 10.4 Å². The molecule has 5 aromatic rings. The number of amides is 1. The largest absolute Gasteiger partial charge is 0.382 e. The third kappa shape index (κ3) is 4.66. The molecule has 0 atom stereocenters. The van der Waals surface area contributed by atoms with Gasteiger partial charge in [0, 0.05) is 43.7 Å². The van der Waals surface area contributed by atoms with E-state index in [-0.39, 0.29) is 28.7 Å². The van der Waals surface area contributed by atoms with Crippen molar-refractivity contribution in [2.45, 2.75) is 0 Å². The fraction of sp³-hybridized carbons (Fsp3) is 0.200. The summed E-state index contributed by atoms with van der Waals surface area (Å²) in [6.45, 7) is 1.26. The maximum atomic E-state index is 14.0. The summed E-state index contributed by atoms with van der Waals surface area (Å²) in [4.78, 5) is 28.2. The standard InChI is InChI=1S/C25H25F2N9O/c1-34(2)8-9-35(3)24(37)17-12-36-22(23(28)29-13-30-36)20(17)14-4-6-16(7-5-14)31-25-32-19-11-15(26)10-18(27)21(19)33-25/h4-7,10-13H,8-9H2,1-3H3,(H2,28,29,30)(H2,31,32,33). The van der Waals surface area contributed by atoms with Crippen LogP contribution in [0, 0.1) is 11.6 Å². The number of carbonyl (C=O) groups excluding carboxylic acids is 1. The van der Waals surface area contributed by atoms with Crippen molar-refractivity contribution in [2.75, 3.05) is 45.3 Å². The van der Waals surface area contributed by atoms with Gasteiger partial charge in [-0.05, 0) is 37.9 Å². The van der Waals surface area contributed by atoms with Gasteiger partial charge in [-0.2, -0.15) is 5.10 Å². The molecule has 0 saturated heterocycles. The Morgan fingerprint density at radius 1 is 1.14 bits per heavy atom. The Kier molecular flexibility index (Phi) is 6.17. The number of halogens is 2. The van der Waals surface area contributed by atoms with Crippen LogP contribution in [0.4, 0.5) is 26.2 Å². The average molecular weight is 506 g/mol. The number of fused-ring (bicyclic) bond motifs is 2. The van der Waals surface area contributed by atoms with Gasteiger partial charge < -0.3 is 25.8 Å². The van der Waals surface area contributed by atoms with Crippen LogP contribution in [0.5, 0.6) is 0 Å². The van der Waals surface area contributed by atoms with E-state index in [0.717, 1.165) is 11.6 Å². The number of anilines is 3. The van der Waals surface area contributed by atoms with E-state index in [1.807, 2.05) is 31.1 Å². The maximum Gasteiger partial charge on any atom is 0.255 e. The highest BCUT2D eigenvalue weighted by Gasteiger charge is 2.24. The van der Waals surface area contributed by atoms with E-state index in [1.54, 1.807) is 34.8 Å². The molecule has 0 saturated carbocycles. The van der Waals surface area contributed by atoms with Gasteiger partial charge in [0.05, 0.1) is 11.1 Å². The summed E-state index contributed by atoms with van der Waals surface area (Å²) in [5, 5.41) is 7.29. The van der Waals surface area contributed by atoms with Crippen LogP contribution in [0.15, 0.2) is 48.9 Å². The molecule has 0 bridgehead atoms. The van der Waals surface area contributed by atoms with Gasteiger partial charge in [-0.15, -0.1) is 0 Å². The van der Waals surface area contributed by atoms with Crippen LogP contribution < -0.4 is 11.1 Å². The molecule has 37 heavy (non-hydrogen) atoms. The van der Waals surface area contributed by atoms with Crippen LogP contribution in [-0.4, -0.2) is 74.5 Å². The Labute approximate surface area is 210 Å². The van der Waals surface area contributed by atoms with Gasteiger partial charge in [0.15, 0.2) is 11.6 Å². The highest BCUT2D eigenvalue weighted by molar-refractivity contribution is 6.07. The first-order chi connectivity index (χ1) is 17.7. The van der Waals surface area contributed by atoms with E-state index in [2.05, 4.69) is 25.4 Å². The van der Waals surface area contributed by atoms with Crippen molar-refractivity contribution >= 4 is 39.9 Å². The molecule has 190 valence electrons. The molecule has 0 aliphatic rings. The Hall–Kier alpha value is -4.58. The summed E-state index contributed by atoms with van der Waals surface area (Å²) in [5.41, 5.74) is 9.45. The molecular formula is C25H25F2N9O. The molecule has 0 unspecified atom stereocenters. The van der Waals surface area contributed by atoms with Gasteiger partial charge in [0.25, 0.3) is 5.91 Å². The molecule has 3 heterocycles. The molecular weight excluding hydrogens is 480 g/mol. The minimum atomic E-state index is -0.747. The molecule has 5 rings (SSSR count). The minimum Gasteiger partial charge on any atom is -0.382 e. The number of benzene rings is 2. The predicted molar refractivity (Wildman–Crippen MR) is 138 cm³/mol. The summed E-state index contributed by atoms with van der Waals surface area (Å²) >= 11 is 0. The summed E-state index contributed by atoms with van der Waals surface area (Å²) in [6, 6.07) is 9.18. The third-order valence-electron chi connectivity index (χ3n) is 6.00. The number of rotatable bonds is 7. The Morgan fingerprint density at radius 2 is 1.89 bits per heavy atom. The van der Waals surface area contributed by atoms with Gasteiger partial charge in [0.2, 0.25) is 5.95 Å². The first-order valence-electron chi connectivity index (χ1n) is 11.5. The Morgan fingerprint density at radius 3 is 2.62 bits per heavy atom. The zero-order valence-electron chi connectivity index (χ0n) is 20.5. The van der Waals surface area contributed by atoms with Gasteiger partial charge in [-0.25, -0.2) is 23.3 Å². The van der Waals surface area contributed by atoms with Gasteiger partial charge in [-0.3, -0.25) is 4.79 Å². The van der Waals surface area contributed by atoms with Crippen molar-refractivity contribution in [1.29, 1.82) is 0 Å². The predicted octanol–water partition coefficient (Wildman–Crippen LogP) is 3.51. The first kappa shape index (κ1) is 24.1. The lowest BCUT2D eigenvalue weighted by Gasteiger charge is -2.20. The topological polar surface area (TPSA) is 120 Å². The van der Waals surface area contributed by atoms with Crippen molar-refractivity contribution in [3.63, 3.8) is 0 Å². The van der Waals surface area contributed by atoms with Crippen molar-refractivity contribution in [1.82, 2.24) is 34.4 Å². The number of nitrogens with one attached hydrogen (secondary N) is 2. The molecule has 0 aliphatic carbocycles. The summed E-state index contributed by atoms with van der Waals surface area (Å²) in [7, 11) is 5.65. The fourth-order valence-corrected chi connectivity index (χ4v) is 4.10. The molecule has 3 aromatic heterocycles. The third-order valence-corrected chi connectivity index (χ3v) is 6.00. The maximum absolute atomic E-state index is 14.0. The second kappa shape index (κ2) is 9.47. The number of aromatic nitrogens is 5. The second-order valence-electron chi connectivity index (χ2n) is 8.96. The number of nitrogens with zero attached hydrogens (tertiary/aromatic N) is 6.